The van der Waals surface area contributed by atoms with Gasteiger partial charge in [-0.05, 0) is 63.3 Å². The summed E-state index contributed by atoms with van der Waals surface area (Å²) in [6.45, 7) is 13.2. The van der Waals surface area contributed by atoms with Crippen molar-refractivity contribution in [2.75, 3.05) is 6.61 Å². The fourth-order valence-electron chi connectivity index (χ4n) is 4.58. The van der Waals surface area contributed by atoms with Crippen molar-refractivity contribution in [2.45, 2.75) is 98.0 Å². The number of carbonyl (C=O) groups excluding carboxylic acids is 4. The van der Waals surface area contributed by atoms with Crippen LogP contribution < -0.4 is 9.61 Å². The molecule has 46 heavy (non-hydrogen) atoms. The third-order valence-electron chi connectivity index (χ3n) is 7.03. The molecule has 2 unspecified atom stereocenters. The summed E-state index contributed by atoms with van der Waals surface area (Å²) in [6.07, 6.45) is -0.717. The van der Waals surface area contributed by atoms with Crippen LogP contribution in [0.2, 0.25) is 0 Å². The number of hydrogen-bond acceptors (Lipinski definition) is 11. The van der Waals surface area contributed by atoms with Crippen LogP contribution in [-0.2, 0) is 54.5 Å². The van der Waals surface area contributed by atoms with Gasteiger partial charge in [-0.1, -0.05) is 52.5 Å². The standard InChI is InChI=1S/C32H45N2O10PS/c1-19(2)28(36)42-27-25(41-31(32(27,9)43-29(37)20(3)4)34-16-15-22(7)17-26(34)35)18-39-45(46,44-24-13-11-10-12-14-24)33-23(8)30(38)40-21(5)6/h10-16,19-21,23,25,27,31H,7,17-18H2,1-6,8-9H3,(H,33,46)/t23?,25-,27-,31-,32-,45?/m1/s1. The first kappa shape index (κ1) is 37.4. The second-order valence-corrected chi connectivity index (χ2v) is 15.4. The van der Waals surface area contributed by atoms with Crippen LogP contribution in [-0.4, -0.2) is 71.5 Å². The average Bonchev–Trinajstić information content (AvgIpc) is 3.22. The summed E-state index contributed by atoms with van der Waals surface area (Å²) in [4.78, 5) is 53.3. The number of carbonyl (C=O) groups is 4. The van der Waals surface area contributed by atoms with E-state index < -0.39 is 66.5 Å². The molecule has 0 aliphatic carbocycles. The third-order valence-corrected chi connectivity index (χ3v) is 9.53. The number of esters is 3. The zero-order valence-electron chi connectivity index (χ0n) is 27.6. The summed E-state index contributed by atoms with van der Waals surface area (Å²) in [5.41, 5.74) is -1.07. The van der Waals surface area contributed by atoms with Gasteiger partial charge in [-0.2, -0.15) is 0 Å². The van der Waals surface area contributed by atoms with E-state index in [1.54, 1.807) is 91.8 Å². The smallest absolute Gasteiger partial charge is 0.323 e. The Kier molecular flexibility index (Phi) is 12.7. The average molecular weight is 681 g/mol. The monoisotopic (exact) mass is 680 g/mol. The minimum Gasteiger partial charge on any atom is -0.462 e. The number of nitrogens with one attached hydrogen (secondary N) is 1. The van der Waals surface area contributed by atoms with Gasteiger partial charge in [0.15, 0.2) is 17.9 Å². The van der Waals surface area contributed by atoms with Crippen molar-refractivity contribution in [2.24, 2.45) is 11.8 Å². The Morgan fingerprint density at radius 3 is 2.26 bits per heavy atom. The van der Waals surface area contributed by atoms with Crippen LogP contribution >= 0.6 is 6.64 Å². The second-order valence-electron chi connectivity index (χ2n) is 12.3. The SMILES string of the molecule is C=C1C=CN([C@@H]2O[C@H](COP(=S)(NC(C)C(=O)OC(C)C)Oc3ccccc3)[C@@H](OC(=O)C(C)C)[C@@]2(C)OC(=O)C(C)C)C(=O)C1. The van der Waals surface area contributed by atoms with E-state index in [4.69, 9.17) is 39.8 Å². The first-order chi connectivity index (χ1) is 21.5. The van der Waals surface area contributed by atoms with Crippen molar-refractivity contribution in [3.8, 4) is 5.75 Å². The van der Waals surface area contributed by atoms with Crippen LogP contribution in [0.3, 0.4) is 0 Å². The number of para-hydroxylation sites is 1. The molecule has 1 aromatic carbocycles. The lowest BCUT2D eigenvalue weighted by Crippen LogP contribution is -2.57. The van der Waals surface area contributed by atoms with Crippen LogP contribution in [0, 0.1) is 11.8 Å². The molecule has 0 aromatic heterocycles. The number of benzene rings is 1. The van der Waals surface area contributed by atoms with Gasteiger partial charge in [-0.3, -0.25) is 24.1 Å². The molecule has 14 heteroatoms. The quantitative estimate of drug-likeness (QED) is 0.164. The fraction of sp³-hybridized carbons (Fsp3) is 0.562. The molecule has 1 N–H and O–H groups in total. The number of hydrogen-bond donors (Lipinski definition) is 1. The highest BCUT2D eigenvalue weighted by Crippen LogP contribution is 2.48. The number of allylic oxidation sites excluding steroid dienone is 1. The largest absolute Gasteiger partial charge is 0.462 e. The molecular weight excluding hydrogens is 635 g/mol. The normalized spacial score (nSPS) is 25.0. The predicted molar refractivity (Wildman–Crippen MR) is 174 cm³/mol. The van der Waals surface area contributed by atoms with Crippen molar-refractivity contribution in [1.29, 1.82) is 0 Å². The maximum absolute atomic E-state index is 13.2. The van der Waals surface area contributed by atoms with Crippen molar-refractivity contribution in [1.82, 2.24) is 9.99 Å². The molecule has 2 aliphatic rings. The molecule has 0 radical (unpaired) electrons. The Morgan fingerprint density at radius 1 is 1.07 bits per heavy atom. The summed E-state index contributed by atoms with van der Waals surface area (Å²) >= 11 is 5.86. The van der Waals surface area contributed by atoms with Crippen molar-refractivity contribution in [3.05, 3.63) is 54.8 Å². The van der Waals surface area contributed by atoms with Gasteiger partial charge in [0.2, 0.25) is 5.91 Å². The number of ether oxygens (including phenoxy) is 4. The second kappa shape index (κ2) is 15.7. The van der Waals surface area contributed by atoms with E-state index in [0.29, 0.717) is 11.3 Å². The fourth-order valence-corrected chi connectivity index (χ4v) is 6.99. The maximum Gasteiger partial charge on any atom is 0.323 e. The Bertz CT molecular complexity index is 1370. The first-order valence-corrected chi connectivity index (χ1v) is 17.8. The van der Waals surface area contributed by atoms with Crippen LogP contribution in [0.4, 0.5) is 0 Å². The first-order valence-electron chi connectivity index (χ1n) is 15.2. The topological polar surface area (TPSA) is 139 Å². The van der Waals surface area contributed by atoms with Crippen LogP contribution in [0.25, 0.3) is 0 Å². The lowest BCUT2D eigenvalue weighted by molar-refractivity contribution is -0.195. The van der Waals surface area contributed by atoms with Crippen LogP contribution in [0.1, 0.15) is 61.8 Å². The van der Waals surface area contributed by atoms with E-state index in [1.807, 2.05) is 0 Å². The molecule has 2 heterocycles. The van der Waals surface area contributed by atoms with Gasteiger partial charge < -0.3 is 28.0 Å². The van der Waals surface area contributed by atoms with Crippen LogP contribution in [0.5, 0.6) is 5.75 Å². The minimum absolute atomic E-state index is 0.0161. The molecule has 0 bridgehead atoms. The molecule has 3 rings (SSSR count). The van der Waals surface area contributed by atoms with Gasteiger partial charge in [-0.25, -0.2) is 5.09 Å². The molecule has 1 fully saturated rings. The number of rotatable bonds is 14. The van der Waals surface area contributed by atoms with E-state index in [2.05, 4.69) is 11.7 Å². The molecule has 1 aromatic rings. The molecular formula is C32H45N2O10PS. The Hall–Kier alpha value is -3.09. The molecule has 12 nitrogen and oxygen atoms in total. The van der Waals surface area contributed by atoms with Gasteiger partial charge >= 0.3 is 24.6 Å². The minimum atomic E-state index is -3.54. The highest BCUT2D eigenvalue weighted by atomic mass is 32.5. The number of amides is 1. The molecule has 1 saturated heterocycles. The maximum atomic E-state index is 13.2. The van der Waals surface area contributed by atoms with E-state index in [1.165, 1.54) is 11.1 Å². The Morgan fingerprint density at radius 2 is 1.70 bits per heavy atom. The summed E-state index contributed by atoms with van der Waals surface area (Å²) in [7, 11) is 0. The van der Waals surface area contributed by atoms with Crippen molar-refractivity contribution < 1.29 is 47.2 Å². The van der Waals surface area contributed by atoms with Crippen LogP contribution in [0.15, 0.2) is 54.8 Å². The highest BCUT2D eigenvalue weighted by molar-refractivity contribution is 8.09. The molecule has 254 valence electrons. The lowest BCUT2D eigenvalue weighted by Gasteiger charge is -2.39. The van der Waals surface area contributed by atoms with Gasteiger partial charge in [0, 0.05) is 6.20 Å². The molecule has 2 aliphatic heterocycles. The number of nitrogens with zero attached hydrogens (tertiary/aromatic N) is 1. The zero-order valence-corrected chi connectivity index (χ0v) is 29.3. The third kappa shape index (κ3) is 9.48. The van der Waals surface area contributed by atoms with E-state index in [0.717, 1.165) is 0 Å². The Balaban J connectivity index is 2.02. The summed E-state index contributed by atoms with van der Waals surface area (Å²) in [6, 6.07) is 7.77. The lowest BCUT2D eigenvalue weighted by atomic mass is 9.93. The molecule has 1 amide bonds. The Labute approximate surface area is 276 Å². The van der Waals surface area contributed by atoms with Gasteiger partial charge in [-0.15, -0.1) is 0 Å². The summed E-state index contributed by atoms with van der Waals surface area (Å²) < 4.78 is 36.0. The molecule has 0 saturated carbocycles. The van der Waals surface area contributed by atoms with E-state index in [9.17, 15) is 19.2 Å². The highest BCUT2D eigenvalue weighted by Gasteiger charge is 2.62. The van der Waals surface area contributed by atoms with Gasteiger partial charge in [0.25, 0.3) is 0 Å². The molecule has 0 spiro atoms. The summed E-state index contributed by atoms with van der Waals surface area (Å²) in [5, 5.41) is 2.97. The van der Waals surface area contributed by atoms with Crippen molar-refractivity contribution in [3.63, 3.8) is 0 Å². The van der Waals surface area contributed by atoms with E-state index in [-0.39, 0.29) is 25.0 Å². The summed E-state index contributed by atoms with van der Waals surface area (Å²) in [5.74, 6) is -2.76. The molecule has 6 atom stereocenters. The van der Waals surface area contributed by atoms with Crippen molar-refractivity contribution >= 4 is 42.3 Å². The van der Waals surface area contributed by atoms with Gasteiger partial charge in [0.1, 0.15) is 17.9 Å². The predicted octanol–water partition coefficient (Wildman–Crippen LogP) is 4.79. The van der Waals surface area contributed by atoms with Gasteiger partial charge in [0.05, 0.1) is 31.0 Å². The van der Waals surface area contributed by atoms with E-state index >= 15 is 0 Å². The zero-order chi connectivity index (χ0) is 34.4.